The highest BCUT2D eigenvalue weighted by Crippen LogP contribution is 2.24. The van der Waals surface area contributed by atoms with Crippen molar-refractivity contribution >= 4 is 29.9 Å². The van der Waals surface area contributed by atoms with Gasteiger partial charge in [-0.15, -0.1) is 37.1 Å². The second-order valence-electron chi connectivity index (χ2n) is 7.14. The van der Waals surface area contributed by atoms with E-state index in [1.165, 1.54) is 24.3 Å². The van der Waals surface area contributed by atoms with Crippen molar-refractivity contribution in [2.75, 3.05) is 39.3 Å². The van der Waals surface area contributed by atoms with Gasteiger partial charge in [-0.05, 0) is 31.0 Å². The number of benzene rings is 1. The SMILES string of the molecule is CCNC(=NCC(O)c1ccc(OC(F)(F)F)cc1)N1CCC(N2CC=CC2)C1.I. The quantitative estimate of drug-likeness (QED) is 0.252. The van der Waals surface area contributed by atoms with Gasteiger partial charge in [0, 0.05) is 38.8 Å². The summed E-state index contributed by atoms with van der Waals surface area (Å²) in [4.78, 5) is 9.18. The molecule has 0 amide bonds. The van der Waals surface area contributed by atoms with Crippen LogP contribution in [0, 0.1) is 0 Å². The molecule has 0 aromatic heterocycles. The highest BCUT2D eigenvalue weighted by atomic mass is 127. The molecule has 30 heavy (non-hydrogen) atoms. The van der Waals surface area contributed by atoms with Crippen LogP contribution in [0.15, 0.2) is 41.4 Å². The van der Waals surface area contributed by atoms with Crippen molar-refractivity contribution in [3.05, 3.63) is 42.0 Å². The summed E-state index contributed by atoms with van der Waals surface area (Å²) < 4.78 is 40.6. The van der Waals surface area contributed by atoms with Gasteiger partial charge in [0.05, 0.1) is 12.6 Å². The Kier molecular flexibility index (Phi) is 9.23. The van der Waals surface area contributed by atoms with Gasteiger partial charge >= 0.3 is 6.36 Å². The number of aliphatic hydroxyl groups is 1. The van der Waals surface area contributed by atoms with E-state index in [1.807, 2.05) is 6.92 Å². The average molecular weight is 540 g/mol. The fourth-order valence-electron chi connectivity index (χ4n) is 3.62. The van der Waals surface area contributed by atoms with Crippen molar-refractivity contribution in [2.45, 2.75) is 31.9 Å². The third kappa shape index (κ3) is 7.02. The first kappa shape index (κ1) is 24.7. The molecule has 0 spiro atoms. The number of aliphatic hydroxyl groups excluding tert-OH is 1. The molecule has 2 atom stereocenters. The average Bonchev–Trinajstić information content (AvgIpc) is 3.35. The smallest absolute Gasteiger partial charge is 0.406 e. The number of aliphatic imine (C=N–C) groups is 1. The zero-order valence-corrected chi connectivity index (χ0v) is 19.1. The fraction of sp³-hybridized carbons (Fsp3) is 0.550. The van der Waals surface area contributed by atoms with Gasteiger partial charge in [-0.1, -0.05) is 24.3 Å². The predicted molar refractivity (Wildman–Crippen MR) is 120 cm³/mol. The van der Waals surface area contributed by atoms with E-state index in [-0.39, 0.29) is 36.3 Å². The lowest BCUT2D eigenvalue weighted by Gasteiger charge is -2.25. The van der Waals surface area contributed by atoms with Crippen molar-refractivity contribution in [3.8, 4) is 5.75 Å². The molecule has 1 aromatic carbocycles. The van der Waals surface area contributed by atoms with Crippen LogP contribution in [0.25, 0.3) is 0 Å². The van der Waals surface area contributed by atoms with E-state index in [4.69, 9.17) is 0 Å². The molecular formula is C20H28F3IN4O2. The minimum absolute atomic E-state index is 0. The predicted octanol–water partition coefficient (Wildman–Crippen LogP) is 3.15. The number of nitrogens with one attached hydrogen (secondary N) is 1. The van der Waals surface area contributed by atoms with Crippen LogP contribution in [0.3, 0.4) is 0 Å². The number of halogens is 4. The monoisotopic (exact) mass is 540 g/mol. The molecule has 0 bridgehead atoms. The molecule has 2 heterocycles. The minimum Gasteiger partial charge on any atom is -0.406 e. The molecular weight excluding hydrogens is 512 g/mol. The second kappa shape index (κ2) is 11.2. The molecule has 2 aliphatic heterocycles. The van der Waals surface area contributed by atoms with Crippen LogP contribution in [-0.4, -0.2) is 72.5 Å². The maximum Gasteiger partial charge on any atom is 0.573 e. The topological polar surface area (TPSA) is 60.3 Å². The first-order valence-electron chi connectivity index (χ1n) is 9.82. The number of likely N-dealkylation sites (tertiary alicyclic amines) is 1. The molecule has 1 aromatic rings. The zero-order valence-electron chi connectivity index (χ0n) is 16.8. The van der Waals surface area contributed by atoms with E-state index in [1.54, 1.807) is 0 Å². The lowest BCUT2D eigenvalue weighted by atomic mass is 10.1. The Morgan fingerprint density at radius 1 is 1.27 bits per heavy atom. The lowest BCUT2D eigenvalue weighted by Crippen LogP contribution is -2.43. The van der Waals surface area contributed by atoms with Gasteiger partial charge in [-0.2, -0.15) is 0 Å². The number of nitrogens with zero attached hydrogens (tertiary/aromatic N) is 3. The Bertz CT molecular complexity index is 720. The Labute approximate surface area is 191 Å². The minimum atomic E-state index is -4.73. The fourth-order valence-corrected chi connectivity index (χ4v) is 3.62. The second-order valence-corrected chi connectivity index (χ2v) is 7.14. The number of hydrogen-bond acceptors (Lipinski definition) is 4. The summed E-state index contributed by atoms with van der Waals surface area (Å²) in [6.45, 7) is 6.57. The summed E-state index contributed by atoms with van der Waals surface area (Å²) in [5.41, 5.74) is 0.488. The van der Waals surface area contributed by atoms with Crippen molar-refractivity contribution < 1.29 is 23.0 Å². The molecule has 6 nitrogen and oxygen atoms in total. The van der Waals surface area contributed by atoms with Crippen LogP contribution in [0.1, 0.15) is 25.0 Å². The number of hydrogen-bond donors (Lipinski definition) is 2. The van der Waals surface area contributed by atoms with E-state index >= 15 is 0 Å². The molecule has 0 aliphatic carbocycles. The molecule has 2 unspecified atom stereocenters. The molecule has 2 aliphatic rings. The summed E-state index contributed by atoms with van der Waals surface area (Å²) >= 11 is 0. The largest absolute Gasteiger partial charge is 0.573 e. The van der Waals surface area contributed by atoms with Gasteiger partial charge in [-0.3, -0.25) is 9.89 Å². The van der Waals surface area contributed by atoms with Gasteiger partial charge < -0.3 is 20.1 Å². The molecule has 168 valence electrons. The van der Waals surface area contributed by atoms with E-state index in [2.05, 4.69) is 37.0 Å². The van der Waals surface area contributed by atoms with E-state index < -0.39 is 12.5 Å². The Morgan fingerprint density at radius 2 is 1.93 bits per heavy atom. The summed E-state index contributed by atoms with van der Waals surface area (Å²) in [5.74, 6) is 0.433. The Hall–Kier alpha value is -1.53. The van der Waals surface area contributed by atoms with Crippen LogP contribution < -0.4 is 10.1 Å². The van der Waals surface area contributed by atoms with E-state index in [0.717, 1.165) is 38.6 Å². The molecule has 0 saturated carbocycles. The highest BCUT2D eigenvalue weighted by molar-refractivity contribution is 14.0. The van der Waals surface area contributed by atoms with Crippen LogP contribution in [0.5, 0.6) is 5.75 Å². The molecule has 3 rings (SSSR count). The van der Waals surface area contributed by atoms with Gasteiger partial charge in [0.2, 0.25) is 0 Å². The first-order chi connectivity index (χ1) is 13.9. The standard InChI is InChI=1S/C20H27F3N4O2.HI/c1-2-24-19(27-12-9-16(14-27)26-10-3-4-11-26)25-13-18(28)15-5-7-17(8-6-15)29-20(21,22)23;/h3-8,16,18,28H,2,9-14H2,1H3,(H,24,25);1H. The molecule has 10 heteroatoms. The maximum atomic E-state index is 12.2. The van der Waals surface area contributed by atoms with Gasteiger partial charge in [0.15, 0.2) is 5.96 Å². The van der Waals surface area contributed by atoms with Crippen molar-refractivity contribution in [2.24, 2.45) is 4.99 Å². The summed E-state index contributed by atoms with van der Waals surface area (Å²) in [6, 6.07) is 5.70. The van der Waals surface area contributed by atoms with Gasteiger partial charge in [0.1, 0.15) is 5.75 Å². The van der Waals surface area contributed by atoms with E-state index in [9.17, 15) is 18.3 Å². The normalized spacial score (nSPS) is 20.9. The molecule has 1 saturated heterocycles. The van der Waals surface area contributed by atoms with Crippen LogP contribution >= 0.6 is 24.0 Å². The first-order valence-corrected chi connectivity index (χ1v) is 9.82. The lowest BCUT2D eigenvalue weighted by molar-refractivity contribution is -0.274. The molecule has 2 N–H and O–H groups in total. The highest BCUT2D eigenvalue weighted by Gasteiger charge is 2.31. The molecule has 0 radical (unpaired) electrons. The number of alkyl halides is 3. The van der Waals surface area contributed by atoms with Crippen LogP contribution in [0.4, 0.5) is 13.2 Å². The van der Waals surface area contributed by atoms with Crippen molar-refractivity contribution in [1.82, 2.24) is 15.1 Å². The summed E-state index contributed by atoms with van der Waals surface area (Å²) in [6.07, 6.45) is -0.212. The summed E-state index contributed by atoms with van der Waals surface area (Å²) in [5, 5.41) is 13.7. The maximum absolute atomic E-state index is 12.2. The Morgan fingerprint density at radius 3 is 2.53 bits per heavy atom. The third-order valence-electron chi connectivity index (χ3n) is 5.07. The van der Waals surface area contributed by atoms with Crippen LogP contribution in [0.2, 0.25) is 0 Å². The Balaban J connectivity index is 0.00000320. The molecule has 1 fully saturated rings. The van der Waals surface area contributed by atoms with Crippen molar-refractivity contribution in [3.63, 3.8) is 0 Å². The number of rotatable bonds is 6. The van der Waals surface area contributed by atoms with Crippen LogP contribution in [-0.2, 0) is 0 Å². The van der Waals surface area contributed by atoms with Gasteiger partial charge in [-0.25, -0.2) is 0 Å². The number of guanidine groups is 1. The van der Waals surface area contributed by atoms with E-state index in [0.29, 0.717) is 18.2 Å². The van der Waals surface area contributed by atoms with Crippen molar-refractivity contribution in [1.29, 1.82) is 0 Å². The summed E-state index contributed by atoms with van der Waals surface area (Å²) in [7, 11) is 0. The van der Waals surface area contributed by atoms with Gasteiger partial charge in [0.25, 0.3) is 0 Å². The zero-order chi connectivity index (χ0) is 20.9. The third-order valence-corrected chi connectivity index (χ3v) is 5.07. The number of ether oxygens (including phenoxy) is 1.